The summed E-state index contributed by atoms with van der Waals surface area (Å²) in [5.74, 6) is 2.33. The molecule has 11 rings (SSSR count). The first-order valence-corrected chi connectivity index (χ1v) is 18.4. The topological polar surface area (TPSA) is 90.7 Å². The Morgan fingerprint density at radius 2 is 0.821 bits per heavy atom. The molecule has 4 heterocycles. The fourth-order valence-corrected chi connectivity index (χ4v) is 7.41. The van der Waals surface area contributed by atoms with Gasteiger partial charge in [0, 0.05) is 38.4 Å². The number of para-hydroxylation sites is 2. The maximum atomic E-state index is 6.63. The highest BCUT2D eigenvalue weighted by atomic mass is 16.3. The van der Waals surface area contributed by atoms with E-state index in [0.717, 1.165) is 77.5 Å². The van der Waals surface area contributed by atoms with E-state index in [1.165, 1.54) is 0 Å². The van der Waals surface area contributed by atoms with Gasteiger partial charge in [0.15, 0.2) is 28.9 Å². The minimum absolute atomic E-state index is 0.556. The molecule has 0 amide bonds. The van der Waals surface area contributed by atoms with Crippen molar-refractivity contribution in [2.75, 3.05) is 0 Å². The van der Waals surface area contributed by atoms with Crippen LogP contribution < -0.4 is 0 Å². The number of rotatable bonds is 6. The lowest BCUT2D eigenvalue weighted by Gasteiger charge is -2.09. The summed E-state index contributed by atoms with van der Waals surface area (Å²) in [5.41, 5.74) is 11.0. The van der Waals surface area contributed by atoms with Crippen LogP contribution >= 0.6 is 0 Å². The van der Waals surface area contributed by atoms with E-state index in [4.69, 9.17) is 33.8 Å². The molecule has 11 aromatic rings. The van der Waals surface area contributed by atoms with Crippen LogP contribution in [0.4, 0.5) is 0 Å². The summed E-state index contributed by atoms with van der Waals surface area (Å²) in [4.78, 5) is 25.2. The second-order valence-corrected chi connectivity index (χ2v) is 13.6. The van der Waals surface area contributed by atoms with Crippen molar-refractivity contribution in [3.05, 3.63) is 176 Å². The summed E-state index contributed by atoms with van der Waals surface area (Å²) in [5, 5.41) is 2.81. The van der Waals surface area contributed by atoms with E-state index < -0.39 is 0 Å². The molecule has 0 aliphatic heterocycles. The molecule has 0 radical (unpaired) electrons. The number of hydrogen-bond acceptors (Lipinski definition) is 7. The number of benzene rings is 7. The average Bonchev–Trinajstić information content (AvgIpc) is 3.85. The van der Waals surface area contributed by atoms with E-state index in [9.17, 15) is 0 Å². The molecule has 0 spiro atoms. The van der Waals surface area contributed by atoms with Gasteiger partial charge in [-0.1, -0.05) is 140 Å². The number of aromatic nitrogens is 5. The molecule has 7 nitrogen and oxygen atoms in total. The third-order valence-corrected chi connectivity index (χ3v) is 10.2. The number of fused-ring (bicyclic) bond motifs is 6. The number of nitrogens with zero attached hydrogens (tertiary/aromatic N) is 5. The molecule has 7 aromatic carbocycles. The van der Waals surface area contributed by atoms with Crippen LogP contribution in [0.2, 0.25) is 0 Å². The van der Waals surface area contributed by atoms with Crippen LogP contribution in [0.5, 0.6) is 0 Å². The first-order valence-electron chi connectivity index (χ1n) is 18.4. The lowest BCUT2D eigenvalue weighted by atomic mass is 10.0. The summed E-state index contributed by atoms with van der Waals surface area (Å²) in [7, 11) is 0. The molecule has 0 N–H and O–H groups in total. The van der Waals surface area contributed by atoms with Gasteiger partial charge in [-0.3, -0.25) is 0 Å². The van der Waals surface area contributed by atoms with Crippen molar-refractivity contribution < 1.29 is 8.83 Å². The SMILES string of the molecule is c1ccc(-c2ccc(-c3nc(-c4ccccc4)nc(-c4ccc5oc6c(-c7nc(-c8ccccc8)c8oc9ccccc9c8n7)cccc6c5c4)n3)cc2)cc1. The van der Waals surface area contributed by atoms with Gasteiger partial charge in [0.05, 0.1) is 5.56 Å². The highest BCUT2D eigenvalue weighted by molar-refractivity contribution is 6.11. The molecule has 7 heteroatoms. The molecule has 0 atom stereocenters. The number of hydrogen-bond donors (Lipinski definition) is 0. The van der Waals surface area contributed by atoms with Crippen molar-refractivity contribution in [2.45, 2.75) is 0 Å². The molecule has 4 aromatic heterocycles. The summed E-state index contributed by atoms with van der Waals surface area (Å²) >= 11 is 0. The zero-order valence-electron chi connectivity index (χ0n) is 29.8. The summed E-state index contributed by atoms with van der Waals surface area (Å²) in [6.07, 6.45) is 0. The Morgan fingerprint density at radius 1 is 0.304 bits per heavy atom. The molecular weight excluding hydrogens is 691 g/mol. The average molecular weight is 720 g/mol. The van der Waals surface area contributed by atoms with Gasteiger partial charge in [0.1, 0.15) is 28.0 Å². The monoisotopic (exact) mass is 719 g/mol. The Kier molecular flexibility index (Phi) is 7.35. The highest BCUT2D eigenvalue weighted by Gasteiger charge is 2.21. The fourth-order valence-electron chi connectivity index (χ4n) is 7.41. The molecule has 0 unspecified atom stereocenters. The quantitative estimate of drug-likeness (QED) is 0.169. The molecule has 0 saturated heterocycles. The summed E-state index contributed by atoms with van der Waals surface area (Å²) < 4.78 is 13.0. The lowest BCUT2D eigenvalue weighted by Crippen LogP contribution is -2.00. The standard InChI is InChI=1S/C49H29N5O2/c1-4-13-30(14-5-1)31-23-25-34(26-24-31)47-52-46(33-17-8-3-9-18-33)53-48(54-47)35-27-28-41-39(29-35)36-20-12-21-38(44(36)55-41)49-50-42(32-15-6-2-7-16-32)45-43(51-49)37-19-10-11-22-40(37)56-45/h1-29H. The molecule has 0 aliphatic carbocycles. The molecule has 0 bridgehead atoms. The van der Waals surface area contributed by atoms with Crippen molar-refractivity contribution in [3.8, 4) is 67.9 Å². The maximum absolute atomic E-state index is 6.63. The fraction of sp³-hybridized carbons (Fsp3) is 0. The van der Waals surface area contributed by atoms with Crippen molar-refractivity contribution in [3.63, 3.8) is 0 Å². The predicted octanol–water partition coefficient (Wildman–Crippen LogP) is 12.5. The largest absolute Gasteiger partial charge is 0.455 e. The minimum atomic E-state index is 0.556. The van der Waals surface area contributed by atoms with Crippen LogP contribution in [0.3, 0.4) is 0 Å². The van der Waals surface area contributed by atoms with Crippen molar-refractivity contribution in [1.82, 2.24) is 24.9 Å². The van der Waals surface area contributed by atoms with Crippen molar-refractivity contribution >= 4 is 44.0 Å². The summed E-state index contributed by atoms with van der Waals surface area (Å²) in [6, 6.07) is 58.9. The van der Waals surface area contributed by atoms with E-state index in [1.54, 1.807) is 0 Å². The van der Waals surface area contributed by atoms with Gasteiger partial charge in [0.25, 0.3) is 0 Å². The Bertz CT molecular complexity index is 3230. The Hall–Kier alpha value is -7.77. The summed E-state index contributed by atoms with van der Waals surface area (Å²) in [6.45, 7) is 0. The Balaban J connectivity index is 1.05. The van der Waals surface area contributed by atoms with Crippen LogP contribution in [0.25, 0.3) is 112 Å². The minimum Gasteiger partial charge on any atom is -0.455 e. The van der Waals surface area contributed by atoms with Gasteiger partial charge in [0.2, 0.25) is 0 Å². The molecule has 262 valence electrons. The van der Waals surface area contributed by atoms with E-state index >= 15 is 0 Å². The van der Waals surface area contributed by atoms with Gasteiger partial charge in [-0.15, -0.1) is 0 Å². The third kappa shape index (κ3) is 5.41. The van der Waals surface area contributed by atoms with Crippen molar-refractivity contribution in [1.29, 1.82) is 0 Å². The van der Waals surface area contributed by atoms with Crippen LogP contribution in [0.1, 0.15) is 0 Å². The lowest BCUT2D eigenvalue weighted by molar-refractivity contribution is 0.666. The molecule has 0 saturated carbocycles. The normalized spacial score (nSPS) is 11.6. The first-order chi connectivity index (χ1) is 27.7. The molecule has 56 heavy (non-hydrogen) atoms. The highest BCUT2D eigenvalue weighted by Crippen LogP contribution is 2.40. The first kappa shape index (κ1) is 31.7. The van der Waals surface area contributed by atoms with Gasteiger partial charge in [-0.05, 0) is 47.5 Å². The van der Waals surface area contributed by atoms with Crippen molar-refractivity contribution in [2.24, 2.45) is 0 Å². The smallest absolute Gasteiger partial charge is 0.180 e. The predicted molar refractivity (Wildman–Crippen MR) is 223 cm³/mol. The zero-order valence-corrected chi connectivity index (χ0v) is 29.8. The van der Waals surface area contributed by atoms with Crippen LogP contribution in [0, 0.1) is 0 Å². The maximum Gasteiger partial charge on any atom is 0.180 e. The van der Waals surface area contributed by atoms with Gasteiger partial charge in [-0.25, -0.2) is 24.9 Å². The van der Waals surface area contributed by atoms with E-state index in [1.807, 2.05) is 127 Å². The van der Waals surface area contributed by atoms with Crippen LogP contribution in [0.15, 0.2) is 185 Å². The number of furan rings is 2. The zero-order chi connectivity index (χ0) is 37.0. The van der Waals surface area contributed by atoms with Gasteiger partial charge in [-0.2, -0.15) is 0 Å². The second kappa shape index (κ2) is 13.0. The Morgan fingerprint density at radius 3 is 1.55 bits per heavy atom. The Labute approximate surface area is 320 Å². The van der Waals surface area contributed by atoms with E-state index in [2.05, 4.69) is 48.5 Å². The van der Waals surface area contributed by atoms with Crippen LogP contribution in [-0.4, -0.2) is 24.9 Å². The second-order valence-electron chi connectivity index (χ2n) is 13.6. The molecular formula is C49H29N5O2. The third-order valence-electron chi connectivity index (χ3n) is 10.2. The van der Waals surface area contributed by atoms with Crippen LogP contribution in [-0.2, 0) is 0 Å². The molecule has 0 aliphatic rings. The van der Waals surface area contributed by atoms with E-state index in [0.29, 0.717) is 34.5 Å². The van der Waals surface area contributed by atoms with E-state index in [-0.39, 0.29) is 0 Å². The van der Waals surface area contributed by atoms with Gasteiger partial charge < -0.3 is 8.83 Å². The van der Waals surface area contributed by atoms with Gasteiger partial charge >= 0.3 is 0 Å². The molecule has 0 fully saturated rings.